The number of ketones is 1. The summed E-state index contributed by atoms with van der Waals surface area (Å²) in [5.74, 6) is -0.680. The third kappa shape index (κ3) is 3.60. The number of carbonyl (C=O) groups is 2. The molecular formula is C16H15N3O4S2. The minimum atomic E-state index is -3.16. The molecule has 1 aromatic carbocycles. The van der Waals surface area contributed by atoms with Crippen LogP contribution < -0.4 is 4.90 Å². The molecule has 0 bridgehead atoms. The molecule has 0 spiro atoms. The maximum absolute atomic E-state index is 12.0. The number of thioether (sulfide) groups is 1. The first-order chi connectivity index (χ1) is 11.8. The minimum absolute atomic E-state index is 0.0245. The SMILES string of the molecule is CC(=O)c1cccc(N2C(=NC(=O)CC#N)S[C@H]3CS(=O)(=O)C[C@H]32)c1. The van der Waals surface area contributed by atoms with E-state index in [1.54, 1.807) is 35.2 Å². The third-order valence-electron chi connectivity index (χ3n) is 4.05. The standard InChI is InChI=1S/C16H15N3O4S2/c1-10(20)11-3-2-4-12(7-11)19-13-8-25(22,23)9-14(13)24-16(19)18-15(21)5-6-17/h2-4,7,13-14H,5,8-9H2,1H3/t13-,14+/m1/s1. The largest absolute Gasteiger partial charge is 0.316 e. The lowest BCUT2D eigenvalue weighted by Crippen LogP contribution is -2.37. The van der Waals surface area contributed by atoms with Gasteiger partial charge in [-0.3, -0.25) is 9.59 Å². The molecule has 130 valence electrons. The summed E-state index contributed by atoms with van der Waals surface area (Å²) in [5, 5.41) is 8.80. The molecule has 0 N–H and O–H groups in total. The number of sulfone groups is 1. The summed E-state index contributed by atoms with van der Waals surface area (Å²) in [6, 6.07) is 8.23. The Hall–Kier alpha value is -2.18. The highest BCUT2D eigenvalue weighted by atomic mass is 32.2. The summed E-state index contributed by atoms with van der Waals surface area (Å²) < 4.78 is 24.0. The monoisotopic (exact) mass is 377 g/mol. The summed E-state index contributed by atoms with van der Waals surface area (Å²) in [5.41, 5.74) is 1.11. The Morgan fingerprint density at radius 3 is 2.84 bits per heavy atom. The second-order valence-electron chi connectivity index (χ2n) is 5.90. The maximum Gasteiger partial charge on any atom is 0.262 e. The van der Waals surface area contributed by atoms with Crippen molar-refractivity contribution < 1.29 is 18.0 Å². The zero-order valence-corrected chi connectivity index (χ0v) is 15.0. The van der Waals surface area contributed by atoms with Gasteiger partial charge in [0, 0.05) is 16.5 Å². The lowest BCUT2D eigenvalue weighted by atomic mass is 10.1. The number of amidine groups is 1. The molecule has 2 atom stereocenters. The van der Waals surface area contributed by atoms with Gasteiger partial charge >= 0.3 is 0 Å². The molecule has 0 unspecified atom stereocenters. The van der Waals surface area contributed by atoms with Crippen LogP contribution in [-0.2, 0) is 14.6 Å². The molecule has 0 saturated carbocycles. The van der Waals surface area contributed by atoms with Gasteiger partial charge in [0.15, 0.2) is 20.8 Å². The average Bonchev–Trinajstić information content (AvgIpc) is 2.98. The number of nitrogens with zero attached hydrogens (tertiary/aromatic N) is 3. The summed E-state index contributed by atoms with van der Waals surface area (Å²) in [6.07, 6.45) is -0.334. The van der Waals surface area contributed by atoms with Gasteiger partial charge in [-0.15, -0.1) is 0 Å². The molecule has 7 nitrogen and oxygen atoms in total. The third-order valence-corrected chi connectivity index (χ3v) is 7.26. The van der Waals surface area contributed by atoms with Gasteiger partial charge in [-0.25, -0.2) is 8.42 Å². The van der Waals surface area contributed by atoms with Crippen LogP contribution >= 0.6 is 11.8 Å². The van der Waals surface area contributed by atoms with Crippen LogP contribution in [0.25, 0.3) is 0 Å². The first-order valence-corrected chi connectivity index (χ1v) is 10.3. The van der Waals surface area contributed by atoms with Gasteiger partial charge < -0.3 is 4.90 Å². The van der Waals surface area contributed by atoms with Crippen molar-refractivity contribution in [2.75, 3.05) is 16.4 Å². The Kier molecular flexibility index (Phi) is 4.67. The lowest BCUT2D eigenvalue weighted by Gasteiger charge is -2.24. The zero-order valence-electron chi connectivity index (χ0n) is 13.4. The fourth-order valence-corrected chi connectivity index (χ4v) is 6.89. The number of hydrogen-bond acceptors (Lipinski definition) is 6. The van der Waals surface area contributed by atoms with Gasteiger partial charge in [0.1, 0.15) is 6.42 Å². The molecule has 0 radical (unpaired) electrons. The zero-order chi connectivity index (χ0) is 18.2. The van der Waals surface area contributed by atoms with Crippen LogP contribution in [0, 0.1) is 11.3 Å². The fourth-order valence-electron chi connectivity index (χ4n) is 2.96. The number of anilines is 1. The van der Waals surface area contributed by atoms with Crippen molar-refractivity contribution in [1.29, 1.82) is 5.26 Å². The highest BCUT2D eigenvalue weighted by molar-refractivity contribution is 8.16. The number of benzene rings is 1. The first-order valence-electron chi connectivity index (χ1n) is 7.56. The van der Waals surface area contributed by atoms with E-state index in [0.717, 1.165) is 0 Å². The van der Waals surface area contributed by atoms with Crippen molar-refractivity contribution in [2.45, 2.75) is 24.6 Å². The number of aliphatic imine (C=N–C) groups is 1. The van der Waals surface area contributed by atoms with Crippen molar-refractivity contribution >= 4 is 44.1 Å². The smallest absolute Gasteiger partial charge is 0.262 e. The van der Waals surface area contributed by atoms with Gasteiger partial charge in [-0.1, -0.05) is 23.9 Å². The predicted octanol–water partition coefficient (Wildman–Crippen LogP) is 1.40. The topological polar surface area (TPSA) is 108 Å². The molecule has 3 rings (SSSR count). The molecule has 0 aromatic heterocycles. The van der Waals surface area contributed by atoms with E-state index in [1.807, 2.05) is 0 Å². The van der Waals surface area contributed by atoms with Crippen LogP contribution in [0.1, 0.15) is 23.7 Å². The van der Waals surface area contributed by atoms with Crippen LogP contribution in [0.5, 0.6) is 0 Å². The number of nitriles is 1. The van der Waals surface area contributed by atoms with E-state index in [1.165, 1.54) is 18.7 Å². The first kappa shape index (κ1) is 17.6. The molecule has 1 aromatic rings. The van der Waals surface area contributed by atoms with Gasteiger partial charge in [0.05, 0.1) is 23.6 Å². The molecule has 2 fully saturated rings. The normalized spacial score (nSPS) is 25.6. The van der Waals surface area contributed by atoms with Crippen LogP contribution in [0.15, 0.2) is 29.3 Å². The highest BCUT2D eigenvalue weighted by Gasteiger charge is 2.49. The molecule has 2 aliphatic rings. The van der Waals surface area contributed by atoms with Crippen LogP contribution in [-0.4, -0.2) is 48.1 Å². The Labute approximate surface area is 149 Å². The molecule has 2 saturated heterocycles. The van der Waals surface area contributed by atoms with Crippen LogP contribution in [0.2, 0.25) is 0 Å². The molecule has 0 aliphatic carbocycles. The Morgan fingerprint density at radius 1 is 1.40 bits per heavy atom. The number of hydrogen-bond donors (Lipinski definition) is 0. The second kappa shape index (κ2) is 6.61. The summed E-state index contributed by atoms with van der Waals surface area (Å²) >= 11 is 1.24. The summed E-state index contributed by atoms with van der Waals surface area (Å²) in [6.45, 7) is 1.45. The number of Topliss-reactive ketones (excluding diaryl/α,β-unsaturated/α-hetero) is 1. The van der Waals surface area contributed by atoms with E-state index < -0.39 is 15.7 Å². The quantitative estimate of drug-likeness (QED) is 0.733. The van der Waals surface area contributed by atoms with Gasteiger partial charge in [0.25, 0.3) is 5.91 Å². The second-order valence-corrected chi connectivity index (χ2v) is 9.26. The number of fused-ring (bicyclic) bond motifs is 1. The number of carbonyl (C=O) groups excluding carboxylic acids is 2. The Balaban J connectivity index is 2.03. The van der Waals surface area contributed by atoms with Crippen molar-refractivity contribution in [2.24, 2.45) is 4.99 Å². The van der Waals surface area contributed by atoms with E-state index in [4.69, 9.17) is 5.26 Å². The number of amides is 1. The van der Waals surface area contributed by atoms with Crippen molar-refractivity contribution in [3.63, 3.8) is 0 Å². The molecule has 2 heterocycles. The van der Waals surface area contributed by atoms with Gasteiger partial charge in [-0.05, 0) is 19.1 Å². The molecule has 9 heteroatoms. The summed E-state index contributed by atoms with van der Waals surface area (Å²) in [7, 11) is -3.16. The van der Waals surface area contributed by atoms with E-state index in [9.17, 15) is 18.0 Å². The van der Waals surface area contributed by atoms with E-state index in [2.05, 4.69) is 4.99 Å². The van der Waals surface area contributed by atoms with Crippen molar-refractivity contribution in [3.8, 4) is 6.07 Å². The maximum atomic E-state index is 12.0. The van der Waals surface area contributed by atoms with Crippen molar-refractivity contribution in [3.05, 3.63) is 29.8 Å². The summed E-state index contributed by atoms with van der Waals surface area (Å²) in [4.78, 5) is 29.1. The van der Waals surface area contributed by atoms with Crippen LogP contribution in [0.3, 0.4) is 0 Å². The molecular weight excluding hydrogens is 362 g/mol. The molecule has 1 amide bonds. The van der Waals surface area contributed by atoms with E-state index in [-0.39, 0.29) is 35.0 Å². The highest BCUT2D eigenvalue weighted by Crippen LogP contribution is 2.41. The van der Waals surface area contributed by atoms with Crippen LogP contribution in [0.4, 0.5) is 5.69 Å². The fraction of sp³-hybridized carbons (Fsp3) is 0.375. The Morgan fingerprint density at radius 2 is 2.16 bits per heavy atom. The Bertz CT molecular complexity index is 918. The number of rotatable bonds is 3. The van der Waals surface area contributed by atoms with Crippen molar-refractivity contribution in [1.82, 2.24) is 0 Å². The molecule has 2 aliphatic heterocycles. The lowest BCUT2D eigenvalue weighted by molar-refractivity contribution is -0.116. The van der Waals surface area contributed by atoms with E-state index >= 15 is 0 Å². The van der Waals surface area contributed by atoms with Gasteiger partial charge in [0.2, 0.25) is 0 Å². The van der Waals surface area contributed by atoms with E-state index in [0.29, 0.717) is 16.4 Å². The molecule has 25 heavy (non-hydrogen) atoms. The average molecular weight is 377 g/mol. The van der Waals surface area contributed by atoms with Gasteiger partial charge in [-0.2, -0.15) is 10.3 Å². The predicted molar refractivity (Wildman–Crippen MR) is 95.4 cm³/mol. The minimum Gasteiger partial charge on any atom is -0.316 e.